The van der Waals surface area contributed by atoms with Crippen molar-refractivity contribution in [3.05, 3.63) is 40.4 Å². The van der Waals surface area contributed by atoms with Crippen LogP contribution in [0, 0.1) is 0 Å². The molecule has 1 saturated heterocycles. The minimum absolute atomic E-state index is 0.125. The molecule has 0 aliphatic carbocycles. The fraction of sp³-hybridized carbons (Fsp3) is 0.474. The normalized spacial score (nSPS) is 15.3. The van der Waals surface area contributed by atoms with Crippen LogP contribution in [0.1, 0.15) is 25.0 Å². The molecule has 4 nitrogen and oxygen atoms in total. The molecular weight excluding hydrogens is 354 g/mol. The lowest BCUT2D eigenvalue weighted by Gasteiger charge is -2.28. The molecule has 1 fully saturated rings. The number of likely N-dealkylation sites (tertiary alicyclic amines) is 1. The highest BCUT2D eigenvalue weighted by atomic mass is 35.5. The van der Waals surface area contributed by atoms with E-state index >= 15 is 0 Å². The van der Waals surface area contributed by atoms with Crippen LogP contribution in [-0.4, -0.2) is 53.9 Å². The lowest BCUT2D eigenvalue weighted by atomic mass is 10.1. The number of hydrogen-bond acceptors (Lipinski definition) is 4. The van der Waals surface area contributed by atoms with Gasteiger partial charge in [0.2, 0.25) is 5.91 Å². The minimum Gasteiger partial charge on any atom is -0.344 e. The molecule has 6 heteroatoms. The van der Waals surface area contributed by atoms with Crippen molar-refractivity contribution in [3.8, 4) is 10.6 Å². The number of carbonyl (C=O) groups is 1. The summed E-state index contributed by atoms with van der Waals surface area (Å²) in [7, 11) is 1.89. The second-order valence-corrected chi connectivity index (χ2v) is 7.84. The molecule has 134 valence electrons. The van der Waals surface area contributed by atoms with Crippen LogP contribution in [-0.2, 0) is 11.2 Å². The topological polar surface area (TPSA) is 36.4 Å². The van der Waals surface area contributed by atoms with Gasteiger partial charge in [-0.15, -0.1) is 11.3 Å². The zero-order valence-electron chi connectivity index (χ0n) is 14.6. The molecule has 25 heavy (non-hydrogen) atoms. The van der Waals surface area contributed by atoms with Crippen molar-refractivity contribution in [2.24, 2.45) is 0 Å². The Morgan fingerprint density at radius 3 is 2.88 bits per heavy atom. The number of hydrogen-bond donors (Lipinski definition) is 0. The molecular formula is C19H24ClN3OS. The van der Waals surface area contributed by atoms with Crippen LogP contribution < -0.4 is 0 Å². The van der Waals surface area contributed by atoms with E-state index in [1.165, 1.54) is 19.3 Å². The summed E-state index contributed by atoms with van der Waals surface area (Å²) in [6, 6.07) is 7.65. The zero-order chi connectivity index (χ0) is 17.6. The van der Waals surface area contributed by atoms with Crippen LogP contribution in [0.25, 0.3) is 10.6 Å². The van der Waals surface area contributed by atoms with Gasteiger partial charge in [0, 0.05) is 36.1 Å². The quantitative estimate of drug-likeness (QED) is 0.764. The summed E-state index contributed by atoms with van der Waals surface area (Å²) in [5.74, 6) is 0.125. The number of aromatic nitrogens is 1. The second-order valence-electron chi connectivity index (χ2n) is 6.55. The van der Waals surface area contributed by atoms with Crippen LogP contribution in [0.2, 0.25) is 5.02 Å². The van der Waals surface area contributed by atoms with Gasteiger partial charge in [0.1, 0.15) is 5.01 Å². The van der Waals surface area contributed by atoms with Gasteiger partial charge < -0.3 is 9.80 Å². The number of carbonyl (C=O) groups excluding carboxylic acids is 1. The second kappa shape index (κ2) is 8.79. The van der Waals surface area contributed by atoms with Crippen molar-refractivity contribution in [3.63, 3.8) is 0 Å². The highest BCUT2D eigenvalue weighted by Gasteiger charge is 2.15. The van der Waals surface area contributed by atoms with Crippen LogP contribution in [0.15, 0.2) is 29.6 Å². The average Bonchev–Trinajstić information content (AvgIpc) is 3.09. The molecule has 2 heterocycles. The average molecular weight is 378 g/mol. The molecule has 1 aliphatic heterocycles. The van der Waals surface area contributed by atoms with Crippen LogP contribution in [0.4, 0.5) is 0 Å². The summed E-state index contributed by atoms with van der Waals surface area (Å²) in [6.07, 6.45) is 4.25. The van der Waals surface area contributed by atoms with E-state index in [0.29, 0.717) is 11.4 Å². The van der Waals surface area contributed by atoms with Crippen molar-refractivity contribution in [1.82, 2.24) is 14.8 Å². The first-order valence-electron chi connectivity index (χ1n) is 8.78. The third kappa shape index (κ3) is 5.27. The number of rotatable bonds is 6. The van der Waals surface area contributed by atoms with Crippen molar-refractivity contribution in [1.29, 1.82) is 0 Å². The van der Waals surface area contributed by atoms with Gasteiger partial charge in [-0.05, 0) is 38.1 Å². The van der Waals surface area contributed by atoms with Gasteiger partial charge in [-0.3, -0.25) is 4.79 Å². The van der Waals surface area contributed by atoms with Gasteiger partial charge in [-0.2, -0.15) is 0 Å². The van der Waals surface area contributed by atoms with Crippen molar-refractivity contribution >= 4 is 28.8 Å². The Kier molecular flexibility index (Phi) is 6.45. The number of piperidine rings is 1. The molecule has 1 aromatic heterocycles. The monoisotopic (exact) mass is 377 g/mol. The zero-order valence-corrected chi connectivity index (χ0v) is 16.2. The summed E-state index contributed by atoms with van der Waals surface area (Å²) in [4.78, 5) is 21.3. The van der Waals surface area contributed by atoms with Gasteiger partial charge in [-0.25, -0.2) is 4.98 Å². The molecule has 1 amide bonds. The van der Waals surface area contributed by atoms with E-state index in [-0.39, 0.29) is 5.91 Å². The van der Waals surface area contributed by atoms with Gasteiger partial charge in [-0.1, -0.05) is 30.2 Å². The van der Waals surface area contributed by atoms with E-state index in [0.717, 1.165) is 42.4 Å². The van der Waals surface area contributed by atoms with Crippen molar-refractivity contribution in [2.75, 3.05) is 33.2 Å². The largest absolute Gasteiger partial charge is 0.344 e. The summed E-state index contributed by atoms with van der Waals surface area (Å²) in [5.41, 5.74) is 1.82. The van der Waals surface area contributed by atoms with E-state index in [1.807, 2.05) is 41.6 Å². The Morgan fingerprint density at radius 1 is 1.32 bits per heavy atom. The van der Waals surface area contributed by atoms with E-state index in [9.17, 15) is 4.79 Å². The number of nitrogens with zero attached hydrogens (tertiary/aromatic N) is 3. The predicted octanol–water partition coefficient (Wildman–Crippen LogP) is 3.95. The highest BCUT2D eigenvalue weighted by Crippen LogP contribution is 2.26. The maximum absolute atomic E-state index is 12.4. The third-order valence-corrected chi connectivity index (χ3v) is 5.76. The molecule has 2 aromatic rings. The van der Waals surface area contributed by atoms with Crippen LogP contribution >= 0.6 is 22.9 Å². The van der Waals surface area contributed by atoms with Gasteiger partial charge >= 0.3 is 0 Å². The SMILES string of the molecule is CN(CCN1CCCCC1)C(=O)Cc1csc(-c2cccc(Cl)c2)n1. The highest BCUT2D eigenvalue weighted by molar-refractivity contribution is 7.13. The summed E-state index contributed by atoms with van der Waals surface area (Å²) in [6.45, 7) is 4.07. The number of amides is 1. The molecule has 0 bridgehead atoms. The summed E-state index contributed by atoms with van der Waals surface area (Å²) < 4.78 is 0. The van der Waals surface area contributed by atoms with E-state index in [1.54, 1.807) is 11.3 Å². The number of halogens is 1. The third-order valence-electron chi connectivity index (χ3n) is 4.58. The van der Waals surface area contributed by atoms with E-state index in [2.05, 4.69) is 9.88 Å². The maximum atomic E-state index is 12.4. The van der Waals surface area contributed by atoms with Crippen LogP contribution in [0.3, 0.4) is 0 Å². The first-order valence-corrected chi connectivity index (χ1v) is 10.0. The molecule has 3 rings (SSSR count). The Bertz CT molecular complexity index is 712. The number of thiazole rings is 1. The molecule has 1 aliphatic rings. The number of benzene rings is 1. The smallest absolute Gasteiger partial charge is 0.228 e. The summed E-state index contributed by atoms with van der Waals surface area (Å²) in [5, 5.41) is 3.57. The first kappa shape index (κ1) is 18.4. The Morgan fingerprint density at radius 2 is 2.12 bits per heavy atom. The molecule has 0 radical (unpaired) electrons. The Hall–Kier alpha value is -1.43. The molecule has 1 aromatic carbocycles. The number of likely N-dealkylation sites (N-methyl/N-ethyl adjacent to an activating group) is 1. The maximum Gasteiger partial charge on any atom is 0.228 e. The lowest BCUT2D eigenvalue weighted by molar-refractivity contribution is -0.129. The fourth-order valence-electron chi connectivity index (χ4n) is 3.03. The summed E-state index contributed by atoms with van der Waals surface area (Å²) >= 11 is 7.59. The van der Waals surface area contributed by atoms with Crippen molar-refractivity contribution < 1.29 is 4.79 Å². The van der Waals surface area contributed by atoms with Crippen LogP contribution in [0.5, 0.6) is 0 Å². The lowest BCUT2D eigenvalue weighted by Crippen LogP contribution is -2.39. The predicted molar refractivity (Wildman–Crippen MR) is 104 cm³/mol. The minimum atomic E-state index is 0.125. The molecule has 0 unspecified atom stereocenters. The molecule has 0 atom stereocenters. The molecule has 0 spiro atoms. The molecule has 0 saturated carbocycles. The fourth-order valence-corrected chi connectivity index (χ4v) is 4.04. The Labute approximate surface area is 158 Å². The van der Waals surface area contributed by atoms with Gasteiger partial charge in [0.05, 0.1) is 12.1 Å². The van der Waals surface area contributed by atoms with Gasteiger partial charge in [0.25, 0.3) is 0 Å². The first-order chi connectivity index (χ1) is 12.1. The van der Waals surface area contributed by atoms with E-state index in [4.69, 9.17) is 11.6 Å². The van der Waals surface area contributed by atoms with E-state index < -0.39 is 0 Å². The molecule has 0 N–H and O–H groups in total. The standard InChI is InChI=1S/C19H24ClN3OS/c1-22(10-11-23-8-3-2-4-9-23)18(24)13-17-14-25-19(21-17)15-6-5-7-16(20)12-15/h5-7,12,14H,2-4,8-11,13H2,1H3. The Balaban J connectivity index is 1.52. The van der Waals surface area contributed by atoms with Gasteiger partial charge in [0.15, 0.2) is 0 Å². The van der Waals surface area contributed by atoms with Crippen molar-refractivity contribution in [2.45, 2.75) is 25.7 Å².